The number of ether oxygens (including phenoxy) is 1. The van der Waals surface area contributed by atoms with Crippen LogP contribution in [0, 0.1) is 0 Å². The molecule has 0 aromatic heterocycles. The lowest BCUT2D eigenvalue weighted by Crippen LogP contribution is -2.18. The lowest BCUT2D eigenvalue weighted by Gasteiger charge is -2.16. The van der Waals surface area contributed by atoms with E-state index >= 15 is 0 Å². The molecule has 0 heterocycles. The summed E-state index contributed by atoms with van der Waals surface area (Å²) in [6.45, 7) is 0.878. The number of nitrogens with one attached hydrogen (secondary N) is 1. The fraction of sp³-hybridized carbons (Fsp3) is 0.462. The zero-order chi connectivity index (χ0) is 13.2. The molecule has 1 aromatic rings. The molecule has 0 spiro atoms. The predicted octanol–water partition coefficient (Wildman–Crippen LogP) is 2.36. The van der Waals surface area contributed by atoms with Crippen molar-refractivity contribution in [2.24, 2.45) is 0 Å². The number of anilines is 2. The SMILES string of the molecule is COC(=O)c1ccc(N)c(NCC2(SC)CC2)c1. The van der Waals surface area contributed by atoms with Crippen LogP contribution < -0.4 is 11.1 Å². The molecule has 2 rings (SSSR count). The van der Waals surface area contributed by atoms with E-state index in [1.807, 2.05) is 11.8 Å². The van der Waals surface area contributed by atoms with Crippen molar-refractivity contribution >= 4 is 29.1 Å². The maximum Gasteiger partial charge on any atom is 0.337 e. The van der Waals surface area contributed by atoms with Crippen molar-refractivity contribution in [2.45, 2.75) is 17.6 Å². The monoisotopic (exact) mass is 266 g/mol. The molecular formula is C13H18N2O2S. The van der Waals surface area contributed by atoms with E-state index in [-0.39, 0.29) is 5.97 Å². The third kappa shape index (κ3) is 2.72. The number of esters is 1. The van der Waals surface area contributed by atoms with Crippen molar-refractivity contribution in [3.63, 3.8) is 0 Å². The number of carbonyl (C=O) groups excluding carboxylic acids is 1. The van der Waals surface area contributed by atoms with Gasteiger partial charge in [-0.2, -0.15) is 11.8 Å². The van der Waals surface area contributed by atoms with E-state index in [2.05, 4.69) is 11.6 Å². The van der Waals surface area contributed by atoms with Gasteiger partial charge in [-0.3, -0.25) is 0 Å². The summed E-state index contributed by atoms with van der Waals surface area (Å²) in [5.41, 5.74) is 7.87. The molecule has 0 atom stereocenters. The first-order valence-electron chi connectivity index (χ1n) is 5.87. The van der Waals surface area contributed by atoms with Crippen LogP contribution in [0.25, 0.3) is 0 Å². The van der Waals surface area contributed by atoms with E-state index in [4.69, 9.17) is 10.5 Å². The summed E-state index contributed by atoms with van der Waals surface area (Å²) in [6.07, 6.45) is 4.60. The second-order valence-corrected chi connectivity index (χ2v) is 5.81. The molecule has 0 aliphatic heterocycles. The largest absolute Gasteiger partial charge is 0.465 e. The fourth-order valence-electron chi connectivity index (χ4n) is 1.80. The molecule has 1 aromatic carbocycles. The Kier molecular flexibility index (Phi) is 3.71. The number of benzene rings is 1. The number of thioether (sulfide) groups is 1. The van der Waals surface area contributed by atoms with E-state index in [0.717, 1.165) is 12.2 Å². The van der Waals surface area contributed by atoms with Crippen LogP contribution in [0.2, 0.25) is 0 Å². The summed E-state index contributed by atoms with van der Waals surface area (Å²) < 4.78 is 5.05. The van der Waals surface area contributed by atoms with Crippen LogP contribution >= 0.6 is 11.8 Å². The number of carbonyl (C=O) groups is 1. The molecule has 1 saturated carbocycles. The van der Waals surface area contributed by atoms with Crippen LogP contribution in [0.5, 0.6) is 0 Å². The summed E-state index contributed by atoms with van der Waals surface area (Å²) in [4.78, 5) is 11.5. The molecule has 4 nitrogen and oxygen atoms in total. The smallest absolute Gasteiger partial charge is 0.337 e. The number of hydrogen-bond donors (Lipinski definition) is 2. The Morgan fingerprint density at radius 1 is 1.56 bits per heavy atom. The standard InChI is InChI=1S/C13H18N2O2S/c1-17-12(16)9-3-4-10(14)11(7-9)15-8-13(18-2)5-6-13/h3-4,7,15H,5-6,8,14H2,1-2H3. The van der Waals surface area contributed by atoms with E-state index in [9.17, 15) is 4.79 Å². The van der Waals surface area contributed by atoms with E-state index in [1.54, 1.807) is 18.2 Å². The summed E-state index contributed by atoms with van der Waals surface area (Å²) in [6, 6.07) is 5.15. The first kappa shape index (κ1) is 13.1. The Balaban J connectivity index is 2.09. The van der Waals surface area contributed by atoms with E-state index in [1.165, 1.54) is 20.0 Å². The van der Waals surface area contributed by atoms with Gasteiger partial charge >= 0.3 is 5.97 Å². The minimum absolute atomic E-state index is 0.343. The molecule has 0 unspecified atom stereocenters. The van der Waals surface area contributed by atoms with Gasteiger partial charge in [0, 0.05) is 11.3 Å². The zero-order valence-corrected chi connectivity index (χ0v) is 11.5. The Morgan fingerprint density at radius 3 is 2.83 bits per heavy atom. The van der Waals surface area contributed by atoms with Crippen LogP contribution in [0.15, 0.2) is 18.2 Å². The van der Waals surface area contributed by atoms with Crippen molar-refractivity contribution in [1.29, 1.82) is 0 Å². The number of rotatable bonds is 5. The average Bonchev–Trinajstić information content (AvgIpc) is 3.17. The summed E-state index contributed by atoms with van der Waals surface area (Å²) in [7, 11) is 1.37. The highest BCUT2D eigenvalue weighted by Crippen LogP contribution is 2.47. The minimum atomic E-state index is -0.343. The van der Waals surface area contributed by atoms with Crippen molar-refractivity contribution in [3.8, 4) is 0 Å². The molecule has 5 heteroatoms. The third-order valence-electron chi connectivity index (χ3n) is 3.32. The van der Waals surface area contributed by atoms with Crippen molar-refractivity contribution in [3.05, 3.63) is 23.8 Å². The Bertz CT molecular complexity index is 458. The lowest BCUT2D eigenvalue weighted by atomic mass is 10.1. The van der Waals surface area contributed by atoms with Gasteiger partial charge in [0.1, 0.15) is 0 Å². The fourth-order valence-corrected chi connectivity index (χ4v) is 2.53. The van der Waals surface area contributed by atoms with E-state index in [0.29, 0.717) is 16.0 Å². The molecular weight excluding hydrogens is 248 g/mol. The second-order valence-electron chi connectivity index (χ2n) is 4.53. The van der Waals surface area contributed by atoms with Crippen LogP contribution in [0.4, 0.5) is 11.4 Å². The first-order chi connectivity index (χ1) is 8.60. The maximum absolute atomic E-state index is 11.5. The molecule has 3 N–H and O–H groups in total. The number of nitrogen functional groups attached to an aromatic ring is 1. The van der Waals surface area contributed by atoms with Gasteiger partial charge in [-0.25, -0.2) is 4.79 Å². The molecule has 0 amide bonds. The van der Waals surface area contributed by atoms with Gasteiger partial charge in [0.05, 0.1) is 24.0 Å². The molecule has 1 aliphatic rings. The average molecular weight is 266 g/mol. The van der Waals surface area contributed by atoms with Gasteiger partial charge in [0.25, 0.3) is 0 Å². The molecule has 0 bridgehead atoms. The highest BCUT2D eigenvalue weighted by atomic mass is 32.2. The van der Waals surface area contributed by atoms with E-state index < -0.39 is 0 Å². The van der Waals surface area contributed by atoms with Gasteiger partial charge in [-0.1, -0.05) is 0 Å². The third-order valence-corrected chi connectivity index (χ3v) is 4.73. The number of hydrogen-bond acceptors (Lipinski definition) is 5. The Morgan fingerprint density at radius 2 is 2.28 bits per heavy atom. The molecule has 18 heavy (non-hydrogen) atoms. The van der Waals surface area contributed by atoms with Gasteiger partial charge in [0.2, 0.25) is 0 Å². The van der Waals surface area contributed by atoms with Gasteiger partial charge in [-0.15, -0.1) is 0 Å². The predicted molar refractivity (Wildman–Crippen MR) is 76.2 cm³/mol. The zero-order valence-electron chi connectivity index (χ0n) is 10.7. The molecule has 0 saturated heterocycles. The van der Waals surface area contributed by atoms with Crippen LogP contribution in [-0.2, 0) is 4.74 Å². The topological polar surface area (TPSA) is 64.3 Å². The summed E-state index contributed by atoms with van der Waals surface area (Å²) in [5, 5.41) is 3.33. The number of methoxy groups -OCH3 is 1. The van der Waals surface area contributed by atoms with Crippen LogP contribution in [-0.4, -0.2) is 30.6 Å². The Labute approximate surface area is 111 Å². The minimum Gasteiger partial charge on any atom is -0.465 e. The highest BCUT2D eigenvalue weighted by Gasteiger charge is 2.41. The van der Waals surface area contributed by atoms with Crippen molar-refractivity contribution in [2.75, 3.05) is 31.0 Å². The van der Waals surface area contributed by atoms with Crippen LogP contribution in [0.3, 0.4) is 0 Å². The maximum atomic E-state index is 11.5. The molecule has 1 aliphatic carbocycles. The van der Waals surface area contributed by atoms with Gasteiger partial charge in [0.15, 0.2) is 0 Å². The first-order valence-corrected chi connectivity index (χ1v) is 7.09. The molecule has 98 valence electrons. The number of nitrogens with two attached hydrogens (primary N) is 1. The summed E-state index contributed by atoms with van der Waals surface area (Å²) in [5.74, 6) is -0.343. The summed E-state index contributed by atoms with van der Waals surface area (Å²) >= 11 is 1.88. The second kappa shape index (κ2) is 5.10. The normalized spacial score (nSPS) is 16.1. The van der Waals surface area contributed by atoms with Crippen LogP contribution in [0.1, 0.15) is 23.2 Å². The molecule has 1 fully saturated rings. The lowest BCUT2D eigenvalue weighted by molar-refractivity contribution is 0.0601. The highest BCUT2D eigenvalue weighted by molar-refractivity contribution is 8.00. The quantitative estimate of drug-likeness (QED) is 0.632. The van der Waals surface area contributed by atoms with Crippen molar-refractivity contribution in [1.82, 2.24) is 0 Å². The molecule has 0 radical (unpaired) electrons. The van der Waals surface area contributed by atoms with Gasteiger partial charge < -0.3 is 15.8 Å². The Hall–Kier alpha value is -1.36. The van der Waals surface area contributed by atoms with Crippen molar-refractivity contribution < 1.29 is 9.53 Å². The van der Waals surface area contributed by atoms with Gasteiger partial charge in [-0.05, 0) is 37.3 Å².